The summed E-state index contributed by atoms with van der Waals surface area (Å²) >= 11 is 6.53. The highest BCUT2D eigenvalue weighted by Gasteiger charge is 2.29. The number of fused-ring (bicyclic) bond motifs is 3. The molecule has 1 atom stereocenters. The van der Waals surface area contributed by atoms with Crippen LogP contribution in [0.4, 0.5) is 0 Å². The van der Waals surface area contributed by atoms with Crippen LogP contribution in [0.25, 0.3) is 11.3 Å². The zero-order valence-electron chi connectivity index (χ0n) is 16.5. The number of ether oxygens (including phenoxy) is 2. The Morgan fingerprint density at radius 3 is 2.74 bits per heavy atom. The van der Waals surface area contributed by atoms with E-state index >= 15 is 0 Å². The van der Waals surface area contributed by atoms with Gasteiger partial charge in [-0.15, -0.1) is 0 Å². The zero-order valence-corrected chi connectivity index (χ0v) is 17.3. The number of aromatic nitrogens is 1. The number of hydrogen-bond acceptors (Lipinski definition) is 3. The van der Waals surface area contributed by atoms with Crippen LogP contribution in [0, 0.1) is 5.92 Å². The SMILES string of the molecule is CCc1c2n(ccc1=O)C(C(C)C)Cc1cc(OCCCOC)c(Cl)cc1-2. The van der Waals surface area contributed by atoms with Crippen molar-refractivity contribution in [1.82, 2.24) is 4.57 Å². The fraction of sp³-hybridized carbons (Fsp3) is 0.500. The molecule has 0 spiro atoms. The molecular weight excluding hydrogens is 362 g/mol. The summed E-state index contributed by atoms with van der Waals surface area (Å²) in [5, 5.41) is 0.582. The molecular formula is C22H28ClNO3. The molecule has 27 heavy (non-hydrogen) atoms. The third-order valence-corrected chi connectivity index (χ3v) is 5.60. The molecule has 1 aliphatic heterocycles. The van der Waals surface area contributed by atoms with Crippen molar-refractivity contribution < 1.29 is 9.47 Å². The number of halogens is 1. The summed E-state index contributed by atoms with van der Waals surface area (Å²) in [7, 11) is 1.68. The van der Waals surface area contributed by atoms with Crippen LogP contribution in [0.1, 0.15) is 44.4 Å². The second kappa shape index (κ2) is 8.49. The second-order valence-electron chi connectivity index (χ2n) is 7.42. The summed E-state index contributed by atoms with van der Waals surface area (Å²) in [5.41, 5.74) is 4.21. The molecule has 0 fully saturated rings. The maximum Gasteiger partial charge on any atom is 0.185 e. The lowest BCUT2D eigenvalue weighted by atomic mass is 9.85. The summed E-state index contributed by atoms with van der Waals surface area (Å²) in [6.45, 7) is 7.71. The van der Waals surface area contributed by atoms with E-state index in [1.165, 1.54) is 5.56 Å². The highest BCUT2D eigenvalue weighted by Crippen LogP contribution is 2.42. The number of nitrogens with zero attached hydrogens (tertiary/aromatic N) is 1. The molecule has 1 aromatic carbocycles. The van der Waals surface area contributed by atoms with Crippen LogP contribution in [-0.2, 0) is 17.6 Å². The molecule has 5 heteroatoms. The fourth-order valence-electron chi connectivity index (χ4n) is 3.88. The van der Waals surface area contributed by atoms with Gasteiger partial charge in [0.2, 0.25) is 0 Å². The van der Waals surface area contributed by atoms with Crippen LogP contribution < -0.4 is 10.2 Å². The molecule has 0 radical (unpaired) electrons. The summed E-state index contributed by atoms with van der Waals surface area (Å²) < 4.78 is 13.2. The zero-order chi connectivity index (χ0) is 19.6. The summed E-state index contributed by atoms with van der Waals surface area (Å²) in [4.78, 5) is 12.5. The second-order valence-corrected chi connectivity index (χ2v) is 7.83. The van der Waals surface area contributed by atoms with Crippen LogP contribution in [0.2, 0.25) is 5.02 Å². The molecule has 0 aliphatic carbocycles. The third kappa shape index (κ3) is 3.92. The van der Waals surface area contributed by atoms with E-state index in [2.05, 4.69) is 24.5 Å². The minimum atomic E-state index is 0.0927. The van der Waals surface area contributed by atoms with E-state index in [9.17, 15) is 4.79 Å². The first-order valence-corrected chi connectivity index (χ1v) is 10.0. The normalized spacial score (nSPS) is 15.6. The molecule has 1 aliphatic rings. The third-order valence-electron chi connectivity index (χ3n) is 5.30. The fourth-order valence-corrected chi connectivity index (χ4v) is 4.09. The smallest absolute Gasteiger partial charge is 0.185 e. The topological polar surface area (TPSA) is 40.5 Å². The highest BCUT2D eigenvalue weighted by molar-refractivity contribution is 6.32. The van der Waals surface area contributed by atoms with Crippen molar-refractivity contribution in [3.63, 3.8) is 0 Å². The lowest BCUT2D eigenvalue weighted by molar-refractivity contribution is 0.172. The molecule has 1 aromatic heterocycles. The van der Waals surface area contributed by atoms with E-state index in [0.717, 1.165) is 29.7 Å². The van der Waals surface area contributed by atoms with Crippen molar-refractivity contribution in [3.05, 3.63) is 50.8 Å². The quantitative estimate of drug-likeness (QED) is 0.632. The van der Waals surface area contributed by atoms with Gasteiger partial charge in [-0.25, -0.2) is 0 Å². The number of methoxy groups -OCH3 is 1. The minimum absolute atomic E-state index is 0.0927. The highest BCUT2D eigenvalue weighted by atomic mass is 35.5. The van der Waals surface area contributed by atoms with Gasteiger partial charge in [0.05, 0.1) is 17.3 Å². The molecule has 1 unspecified atom stereocenters. The van der Waals surface area contributed by atoms with E-state index < -0.39 is 0 Å². The molecule has 0 N–H and O–H groups in total. The Labute approximate surface area is 166 Å². The van der Waals surface area contributed by atoms with Crippen molar-refractivity contribution in [1.29, 1.82) is 0 Å². The molecule has 0 saturated carbocycles. The van der Waals surface area contributed by atoms with Gasteiger partial charge in [0, 0.05) is 49.6 Å². The maximum absolute atomic E-state index is 12.5. The monoisotopic (exact) mass is 389 g/mol. The molecule has 146 valence electrons. The molecule has 3 rings (SSSR count). The molecule has 2 aromatic rings. The lowest BCUT2D eigenvalue weighted by Gasteiger charge is -2.34. The van der Waals surface area contributed by atoms with Crippen molar-refractivity contribution in [2.24, 2.45) is 5.92 Å². The van der Waals surface area contributed by atoms with Crippen molar-refractivity contribution in [2.45, 2.75) is 46.1 Å². The Morgan fingerprint density at radius 2 is 2.07 bits per heavy atom. The average Bonchev–Trinajstić information content (AvgIpc) is 2.64. The van der Waals surface area contributed by atoms with Gasteiger partial charge in [-0.2, -0.15) is 0 Å². The van der Waals surface area contributed by atoms with Gasteiger partial charge in [0.1, 0.15) is 5.75 Å². The van der Waals surface area contributed by atoms with Gasteiger partial charge < -0.3 is 14.0 Å². The first-order chi connectivity index (χ1) is 13.0. The van der Waals surface area contributed by atoms with Gasteiger partial charge in [0.15, 0.2) is 5.43 Å². The molecule has 4 nitrogen and oxygen atoms in total. The molecule has 0 amide bonds. The summed E-state index contributed by atoms with van der Waals surface area (Å²) in [6.07, 6.45) is 4.36. The largest absolute Gasteiger partial charge is 0.492 e. The first kappa shape index (κ1) is 20.0. The predicted molar refractivity (Wildman–Crippen MR) is 110 cm³/mol. The summed E-state index contributed by atoms with van der Waals surface area (Å²) in [6, 6.07) is 6.02. The van der Waals surface area contributed by atoms with Crippen molar-refractivity contribution >= 4 is 11.6 Å². The Morgan fingerprint density at radius 1 is 1.30 bits per heavy atom. The van der Waals surface area contributed by atoms with Crippen LogP contribution in [0.3, 0.4) is 0 Å². The van der Waals surface area contributed by atoms with Crippen LogP contribution in [0.5, 0.6) is 5.75 Å². The van der Waals surface area contributed by atoms with E-state index in [-0.39, 0.29) is 5.43 Å². The number of pyridine rings is 1. The van der Waals surface area contributed by atoms with Gasteiger partial charge in [0.25, 0.3) is 0 Å². The van der Waals surface area contributed by atoms with Crippen molar-refractivity contribution in [2.75, 3.05) is 20.3 Å². The maximum atomic E-state index is 12.5. The van der Waals surface area contributed by atoms with E-state index in [4.69, 9.17) is 21.1 Å². The lowest BCUT2D eigenvalue weighted by Crippen LogP contribution is -2.27. The van der Waals surface area contributed by atoms with Gasteiger partial charge >= 0.3 is 0 Å². The molecule has 2 heterocycles. The van der Waals surface area contributed by atoms with Gasteiger partial charge in [-0.05, 0) is 36.5 Å². The molecule has 0 bridgehead atoms. The van der Waals surface area contributed by atoms with E-state index in [0.29, 0.717) is 42.4 Å². The van der Waals surface area contributed by atoms with Crippen LogP contribution in [-0.4, -0.2) is 24.9 Å². The van der Waals surface area contributed by atoms with E-state index in [1.54, 1.807) is 13.2 Å². The number of rotatable bonds is 7. The van der Waals surface area contributed by atoms with Crippen LogP contribution >= 0.6 is 11.6 Å². The Balaban J connectivity index is 2.09. The summed E-state index contributed by atoms with van der Waals surface area (Å²) in [5.74, 6) is 1.16. The minimum Gasteiger partial charge on any atom is -0.492 e. The molecule has 0 saturated heterocycles. The standard InChI is InChI=1S/C22H28ClNO3/c1-5-16-20(25)7-8-24-19(14(2)3)11-15-12-21(27-10-6-9-26-4)18(23)13-17(15)22(16)24/h7-8,12-14,19H,5-6,9-11H2,1-4H3. The Bertz CT molecular complexity index is 873. The van der Waals surface area contributed by atoms with E-state index in [1.807, 2.05) is 19.2 Å². The van der Waals surface area contributed by atoms with Gasteiger partial charge in [-0.3, -0.25) is 4.79 Å². The van der Waals surface area contributed by atoms with Gasteiger partial charge in [-0.1, -0.05) is 32.4 Å². The number of hydrogen-bond donors (Lipinski definition) is 0. The average molecular weight is 390 g/mol. The van der Waals surface area contributed by atoms with Crippen LogP contribution in [0.15, 0.2) is 29.2 Å². The Hall–Kier alpha value is -1.78. The van der Waals surface area contributed by atoms with Crippen molar-refractivity contribution in [3.8, 4) is 17.0 Å². The number of benzene rings is 1. The predicted octanol–water partition coefficient (Wildman–Crippen LogP) is 4.90. The Kier molecular flexibility index (Phi) is 6.28. The first-order valence-electron chi connectivity index (χ1n) is 9.66.